The van der Waals surface area contributed by atoms with Crippen LogP contribution in [-0.4, -0.2) is 21.9 Å². The zero-order valence-corrected chi connectivity index (χ0v) is 10.1. The summed E-state index contributed by atoms with van der Waals surface area (Å²) in [6.45, 7) is 0. The van der Waals surface area contributed by atoms with E-state index in [0.29, 0.717) is 11.4 Å². The molecule has 0 spiro atoms. The number of fused-ring (bicyclic) bond motifs is 1. The number of halogens is 3. The third kappa shape index (κ3) is 2.09. The lowest BCUT2D eigenvalue weighted by molar-refractivity contribution is 0.202. The molecule has 16 heavy (non-hydrogen) atoms. The number of nitrogens with zero attached hydrogens (tertiary/aromatic N) is 2. The van der Waals surface area contributed by atoms with Crippen LogP contribution >= 0.6 is 35.6 Å². The number of carbonyl (C=O) groups is 1. The van der Waals surface area contributed by atoms with E-state index in [1.165, 1.54) is 0 Å². The van der Waals surface area contributed by atoms with Gasteiger partial charge in [-0.3, -0.25) is 4.90 Å². The van der Waals surface area contributed by atoms with Crippen molar-refractivity contribution < 1.29 is 9.90 Å². The van der Waals surface area contributed by atoms with Crippen LogP contribution in [-0.2, 0) is 0 Å². The van der Waals surface area contributed by atoms with Gasteiger partial charge in [0.25, 0.3) is 0 Å². The van der Waals surface area contributed by atoms with Crippen molar-refractivity contribution in [2.75, 3.05) is 4.90 Å². The molecule has 0 saturated heterocycles. The van der Waals surface area contributed by atoms with Gasteiger partial charge < -0.3 is 5.11 Å². The summed E-state index contributed by atoms with van der Waals surface area (Å²) in [5.74, 6) is 0. The first kappa shape index (κ1) is 13.1. The van der Waals surface area contributed by atoms with Crippen LogP contribution in [0.4, 0.5) is 16.2 Å². The van der Waals surface area contributed by atoms with Gasteiger partial charge in [-0.2, -0.15) is 0 Å². The van der Waals surface area contributed by atoms with Gasteiger partial charge in [-0.05, 0) is 12.1 Å². The number of alkyl halides is 1. The topological polar surface area (TPSA) is 52.9 Å². The van der Waals surface area contributed by atoms with Gasteiger partial charge in [-0.15, -0.1) is 12.4 Å². The second-order valence-corrected chi connectivity index (χ2v) is 3.71. The average molecular weight is 282 g/mol. The molecule has 0 saturated carbocycles. The Labute approximate surface area is 108 Å². The molecule has 2 rings (SSSR count). The highest BCUT2D eigenvalue weighted by molar-refractivity contribution is 6.72. The van der Waals surface area contributed by atoms with E-state index in [2.05, 4.69) is 4.99 Å². The van der Waals surface area contributed by atoms with Crippen LogP contribution in [0.1, 0.15) is 0 Å². The van der Waals surface area contributed by atoms with Crippen LogP contribution in [0, 0.1) is 0 Å². The summed E-state index contributed by atoms with van der Waals surface area (Å²) in [6.07, 6.45) is -1.16. The first-order valence-corrected chi connectivity index (χ1v) is 4.92. The van der Waals surface area contributed by atoms with E-state index < -0.39 is 11.6 Å². The van der Waals surface area contributed by atoms with Crippen molar-refractivity contribution in [2.24, 2.45) is 4.99 Å². The van der Waals surface area contributed by atoms with Crippen molar-refractivity contribution in [3.8, 4) is 0 Å². The van der Waals surface area contributed by atoms with Gasteiger partial charge in [0.2, 0.25) is 0 Å². The largest absolute Gasteiger partial charge is 0.465 e. The lowest BCUT2D eigenvalue weighted by Crippen LogP contribution is -2.41. The van der Waals surface area contributed by atoms with Crippen LogP contribution in [0.3, 0.4) is 0 Å². The standard InChI is InChI=1S/C9H6Cl2N2O2.ClH/c10-7-8(11)13(9(14)15)6-4-2-1-3-5(6)12-7;/h1-4,8H,(H,14,15);1H. The Morgan fingerprint density at radius 3 is 2.69 bits per heavy atom. The number of rotatable bonds is 0. The van der Waals surface area contributed by atoms with Crippen LogP contribution in [0.15, 0.2) is 29.3 Å². The van der Waals surface area contributed by atoms with E-state index in [4.69, 9.17) is 28.3 Å². The zero-order chi connectivity index (χ0) is 11.0. The Balaban J connectivity index is 0.00000128. The van der Waals surface area contributed by atoms with Crippen LogP contribution in [0.5, 0.6) is 0 Å². The number of benzene rings is 1. The molecular weight excluding hydrogens is 274 g/mol. The molecule has 86 valence electrons. The highest BCUT2D eigenvalue weighted by atomic mass is 35.5. The molecule has 1 unspecified atom stereocenters. The molecule has 1 aromatic rings. The Morgan fingerprint density at radius 1 is 1.44 bits per heavy atom. The SMILES string of the molecule is Cl.O=C(O)N1c2ccccc2N=C(Cl)C1Cl. The maximum atomic E-state index is 11.0. The Hall–Kier alpha value is -0.970. The molecule has 1 aliphatic heterocycles. The number of carboxylic acid groups (broad SMARTS) is 1. The molecule has 1 aromatic carbocycles. The smallest absolute Gasteiger partial charge is 0.413 e. The molecule has 4 nitrogen and oxygen atoms in total. The normalized spacial score (nSPS) is 18.2. The van der Waals surface area contributed by atoms with Gasteiger partial charge in [0.15, 0.2) is 5.50 Å². The van der Waals surface area contributed by atoms with E-state index in [1.54, 1.807) is 24.3 Å². The molecule has 1 amide bonds. The zero-order valence-electron chi connectivity index (χ0n) is 7.80. The summed E-state index contributed by atoms with van der Waals surface area (Å²) in [5, 5.41) is 9.05. The number of para-hydroxylation sites is 2. The molecule has 1 N–H and O–H groups in total. The maximum Gasteiger partial charge on any atom is 0.413 e. The molecule has 1 atom stereocenters. The second-order valence-electron chi connectivity index (χ2n) is 2.91. The first-order chi connectivity index (χ1) is 7.11. The third-order valence-corrected chi connectivity index (χ3v) is 2.80. The van der Waals surface area contributed by atoms with Crippen LogP contribution in [0.25, 0.3) is 0 Å². The molecule has 1 aliphatic rings. The van der Waals surface area contributed by atoms with Gasteiger partial charge >= 0.3 is 6.09 Å². The maximum absolute atomic E-state index is 11.0. The summed E-state index contributed by atoms with van der Waals surface area (Å²) in [6, 6.07) is 6.77. The summed E-state index contributed by atoms with van der Waals surface area (Å²) < 4.78 is 0. The summed E-state index contributed by atoms with van der Waals surface area (Å²) in [4.78, 5) is 16.0. The predicted octanol–water partition coefficient (Wildman–Crippen LogP) is 3.44. The third-order valence-electron chi connectivity index (χ3n) is 2.00. The lowest BCUT2D eigenvalue weighted by Gasteiger charge is -2.28. The Kier molecular flexibility index (Phi) is 4.02. The van der Waals surface area contributed by atoms with Crippen molar-refractivity contribution in [2.45, 2.75) is 5.50 Å². The number of anilines is 1. The number of amides is 1. The van der Waals surface area contributed by atoms with E-state index >= 15 is 0 Å². The van der Waals surface area contributed by atoms with Gasteiger partial charge in [0, 0.05) is 0 Å². The molecule has 7 heteroatoms. The van der Waals surface area contributed by atoms with Crippen molar-refractivity contribution in [1.29, 1.82) is 0 Å². The van der Waals surface area contributed by atoms with E-state index in [0.717, 1.165) is 4.90 Å². The molecular formula is C9H7Cl3N2O2. The molecule has 1 heterocycles. The average Bonchev–Trinajstić information content (AvgIpc) is 2.19. The highest BCUT2D eigenvalue weighted by Gasteiger charge is 2.31. The fraction of sp³-hybridized carbons (Fsp3) is 0.111. The van der Waals surface area contributed by atoms with Crippen molar-refractivity contribution in [3.63, 3.8) is 0 Å². The number of aliphatic imine (C=N–C) groups is 1. The fourth-order valence-corrected chi connectivity index (χ4v) is 1.79. The molecule has 0 radical (unpaired) electrons. The van der Waals surface area contributed by atoms with Gasteiger partial charge in [0.05, 0.1) is 11.4 Å². The number of hydrogen-bond acceptors (Lipinski definition) is 2. The number of hydrogen-bond donors (Lipinski definition) is 1. The Morgan fingerprint density at radius 2 is 2.06 bits per heavy atom. The van der Waals surface area contributed by atoms with Gasteiger partial charge in [0.1, 0.15) is 5.17 Å². The minimum absolute atomic E-state index is 0. The van der Waals surface area contributed by atoms with E-state index in [1.807, 2.05) is 0 Å². The Bertz CT molecular complexity index is 450. The van der Waals surface area contributed by atoms with Crippen molar-refractivity contribution >= 4 is 58.2 Å². The second kappa shape index (κ2) is 4.91. The summed E-state index contributed by atoms with van der Waals surface area (Å²) >= 11 is 11.6. The van der Waals surface area contributed by atoms with E-state index in [9.17, 15) is 4.79 Å². The molecule has 0 aromatic heterocycles. The van der Waals surface area contributed by atoms with Crippen LogP contribution < -0.4 is 4.90 Å². The lowest BCUT2D eigenvalue weighted by atomic mass is 10.2. The van der Waals surface area contributed by atoms with E-state index in [-0.39, 0.29) is 17.6 Å². The summed E-state index contributed by atoms with van der Waals surface area (Å²) in [5.41, 5.74) is -0.0183. The minimum atomic E-state index is -1.16. The van der Waals surface area contributed by atoms with Gasteiger partial charge in [-0.1, -0.05) is 35.3 Å². The molecule has 0 fully saturated rings. The van der Waals surface area contributed by atoms with Crippen molar-refractivity contribution in [3.05, 3.63) is 24.3 Å². The first-order valence-electron chi connectivity index (χ1n) is 4.10. The quantitative estimate of drug-likeness (QED) is 0.585. The minimum Gasteiger partial charge on any atom is -0.465 e. The van der Waals surface area contributed by atoms with Crippen molar-refractivity contribution in [1.82, 2.24) is 0 Å². The summed E-state index contributed by atoms with van der Waals surface area (Å²) in [7, 11) is 0. The monoisotopic (exact) mass is 280 g/mol. The predicted molar refractivity (Wildman–Crippen MR) is 66.8 cm³/mol. The van der Waals surface area contributed by atoms with Gasteiger partial charge in [-0.25, -0.2) is 9.79 Å². The van der Waals surface area contributed by atoms with Crippen LogP contribution in [0.2, 0.25) is 0 Å². The molecule has 0 bridgehead atoms. The molecule has 0 aliphatic carbocycles. The fourth-order valence-electron chi connectivity index (χ4n) is 1.36. The highest BCUT2D eigenvalue weighted by Crippen LogP contribution is 2.36.